The third-order valence-corrected chi connectivity index (χ3v) is 3.71. The van der Waals surface area contributed by atoms with Crippen molar-refractivity contribution in [1.29, 1.82) is 0 Å². The first-order valence-electron chi connectivity index (χ1n) is 6.70. The van der Waals surface area contributed by atoms with Crippen LogP contribution in [-0.4, -0.2) is 47.9 Å². The molecule has 7 heteroatoms. The Balaban J connectivity index is 1.92. The van der Waals surface area contributed by atoms with Gasteiger partial charge < -0.3 is 16.4 Å². The standard InChI is InChI=1S/C12H20N4O3/c13-6-3-7-14-9(17)8-16-10(18)12(15-11(16)19)4-1-2-5-12/h1-8,13H2,(H,14,17)(H,15,19). The van der Waals surface area contributed by atoms with Crippen molar-refractivity contribution in [2.24, 2.45) is 5.73 Å². The highest BCUT2D eigenvalue weighted by Crippen LogP contribution is 2.34. The molecule has 0 bridgehead atoms. The zero-order valence-electron chi connectivity index (χ0n) is 10.9. The molecule has 106 valence electrons. The first kappa shape index (κ1) is 13.8. The summed E-state index contributed by atoms with van der Waals surface area (Å²) < 4.78 is 0. The number of carbonyl (C=O) groups excluding carboxylic acids is 3. The molecule has 7 nitrogen and oxygen atoms in total. The molecule has 19 heavy (non-hydrogen) atoms. The molecule has 0 aromatic rings. The lowest BCUT2D eigenvalue weighted by Gasteiger charge is -2.19. The van der Waals surface area contributed by atoms with E-state index >= 15 is 0 Å². The van der Waals surface area contributed by atoms with E-state index in [1.54, 1.807) is 0 Å². The Morgan fingerprint density at radius 3 is 2.68 bits per heavy atom. The van der Waals surface area contributed by atoms with Gasteiger partial charge in [-0.2, -0.15) is 0 Å². The van der Waals surface area contributed by atoms with Crippen molar-refractivity contribution in [2.75, 3.05) is 19.6 Å². The molecule has 2 fully saturated rings. The van der Waals surface area contributed by atoms with Gasteiger partial charge in [-0.15, -0.1) is 0 Å². The number of nitrogens with one attached hydrogen (secondary N) is 2. The lowest BCUT2D eigenvalue weighted by atomic mass is 9.98. The van der Waals surface area contributed by atoms with Gasteiger partial charge in [-0.25, -0.2) is 4.79 Å². The van der Waals surface area contributed by atoms with Gasteiger partial charge in [-0.05, 0) is 25.8 Å². The third kappa shape index (κ3) is 2.70. The predicted molar refractivity (Wildman–Crippen MR) is 68.1 cm³/mol. The van der Waals surface area contributed by atoms with Crippen molar-refractivity contribution in [2.45, 2.75) is 37.6 Å². The smallest absolute Gasteiger partial charge is 0.325 e. The van der Waals surface area contributed by atoms with Crippen LogP contribution in [0.2, 0.25) is 0 Å². The van der Waals surface area contributed by atoms with Gasteiger partial charge in [0.25, 0.3) is 5.91 Å². The first-order valence-corrected chi connectivity index (χ1v) is 6.70. The van der Waals surface area contributed by atoms with E-state index in [1.807, 2.05) is 0 Å². The van der Waals surface area contributed by atoms with Crippen LogP contribution in [0.1, 0.15) is 32.1 Å². The van der Waals surface area contributed by atoms with E-state index < -0.39 is 11.6 Å². The van der Waals surface area contributed by atoms with Crippen LogP contribution in [0.4, 0.5) is 4.79 Å². The first-order chi connectivity index (χ1) is 9.09. The van der Waals surface area contributed by atoms with Gasteiger partial charge in [0.1, 0.15) is 12.1 Å². The van der Waals surface area contributed by atoms with Gasteiger partial charge in [-0.1, -0.05) is 12.8 Å². The van der Waals surface area contributed by atoms with Crippen LogP contribution >= 0.6 is 0 Å². The van der Waals surface area contributed by atoms with E-state index in [4.69, 9.17) is 5.73 Å². The van der Waals surface area contributed by atoms with Gasteiger partial charge in [0, 0.05) is 6.54 Å². The Morgan fingerprint density at radius 1 is 1.37 bits per heavy atom. The molecule has 1 spiro atoms. The summed E-state index contributed by atoms with van der Waals surface area (Å²) >= 11 is 0. The number of amides is 4. The number of hydrogen-bond acceptors (Lipinski definition) is 4. The molecule has 1 saturated heterocycles. The highest BCUT2D eigenvalue weighted by Gasteiger charge is 2.52. The maximum absolute atomic E-state index is 12.2. The highest BCUT2D eigenvalue weighted by atomic mass is 16.2. The Morgan fingerprint density at radius 2 is 2.05 bits per heavy atom. The zero-order chi connectivity index (χ0) is 13.9. The van der Waals surface area contributed by atoms with Gasteiger partial charge >= 0.3 is 6.03 Å². The van der Waals surface area contributed by atoms with Gasteiger partial charge in [0.05, 0.1) is 0 Å². The molecule has 0 unspecified atom stereocenters. The molecule has 2 rings (SSSR count). The molecule has 4 N–H and O–H groups in total. The summed E-state index contributed by atoms with van der Waals surface area (Å²) in [6.45, 7) is 0.744. The van der Waals surface area contributed by atoms with Crippen molar-refractivity contribution in [3.8, 4) is 0 Å². The van der Waals surface area contributed by atoms with Crippen molar-refractivity contribution >= 4 is 17.8 Å². The van der Waals surface area contributed by atoms with Crippen LogP contribution in [0.3, 0.4) is 0 Å². The molecule has 1 heterocycles. The Labute approximate surface area is 111 Å². The molecule has 1 aliphatic carbocycles. The SMILES string of the molecule is NCCCNC(=O)CN1C(=O)NC2(CCCC2)C1=O. The Hall–Kier alpha value is -1.63. The number of hydrogen-bond donors (Lipinski definition) is 3. The second kappa shape index (κ2) is 5.56. The number of nitrogens with two attached hydrogens (primary N) is 1. The molecule has 2 aliphatic rings. The van der Waals surface area contributed by atoms with E-state index in [2.05, 4.69) is 10.6 Å². The number of carbonyl (C=O) groups is 3. The van der Waals surface area contributed by atoms with Gasteiger partial charge in [0.2, 0.25) is 5.91 Å². The molecule has 0 aromatic heterocycles. The molecule has 0 radical (unpaired) electrons. The minimum Gasteiger partial charge on any atom is -0.354 e. The minimum atomic E-state index is -0.741. The normalized spacial score (nSPS) is 21.0. The second-order valence-electron chi connectivity index (χ2n) is 5.10. The van der Waals surface area contributed by atoms with Crippen LogP contribution in [0.15, 0.2) is 0 Å². The highest BCUT2D eigenvalue weighted by molar-refractivity contribution is 6.09. The molecule has 1 aliphatic heterocycles. The van der Waals surface area contributed by atoms with Gasteiger partial charge in [0.15, 0.2) is 0 Å². The monoisotopic (exact) mass is 268 g/mol. The Kier molecular flexibility index (Phi) is 4.04. The molecule has 0 aromatic carbocycles. The maximum Gasteiger partial charge on any atom is 0.325 e. The Bertz CT molecular complexity index is 390. The average molecular weight is 268 g/mol. The molecule has 1 saturated carbocycles. The predicted octanol–water partition coefficient (Wildman–Crippen LogP) is -0.684. The summed E-state index contributed by atoms with van der Waals surface area (Å²) in [5, 5.41) is 5.38. The fraction of sp³-hybridized carbons (Fsp3) is 0.750. The quantitative estimate of drug-likeness (QED) is 0.453. The van der Waals surface area contributed by atoms with Crippen LogP contribution in [0.25, 0.3) is 0 Å². The zero-order valence-corrected chi connectivity index (χ0v) is 10.9. The van der Waals surface area contributed by atoms with E-state index in [0.717, 1.165) is 17.7 Å². The van der Waals surface area contributed by atoms with E-state index in [9.17, 15) is 14.4 Å². The van der Waals surface area contributed by atoms with E-state index in [-0.39, 0.29) is 18.4 Å². The average Bonchev–Trinajstić information content (AvgIpc) is 2.92. The lowest BCUT2D eigenvalue weighted by molar-refractivity contribution is -0.134. The maximum atomic E-state index is 12.2. The number of imide groups is 1. The summed E-state index contributed by atoms with van der Waals surface area (Å²) in [6.07, 6.45) is 3.88. The molecule has 0 atom stereocenters. The molecular weight excluding hydrogens is 248 g/mol. The fourth-order valence-electron chi connectivity index (χ4n) is 2.67. The summed E-state index contributed by atoms with van der Waals surface area (Å²) in [7, 11) is 0. The molecular formula is C12H20N4O3. The molecule has 4 amide bonds. The minimum absolute atomic E-state index is 0.211. The second-order valence-corrected chi connectivity index (χ2v) is 5.10. The van der Waals surface area contributed by atoms with E-state index in [0.29, 0.717) is 32.4 Å². The summed E-state index contributed by atoms with van der Waals surface area (Å²) in [6, 6.07) is -0.458. The van der Waals surface area contributed by atoms with Crippen LogP contribution in [-0.2, 0) is 9.59 Å². The largest absolute Gasteiger partial charge is 0.354 e. The van der Waals surface area contributed by atoms with Crippen molar-refractivity contribution in [1.82, 2.24) is 15.5 Å². The fourth-order valence-corrected chi connectivity index (χ4v) is 2.67. The number of urea groups is 1. The number of rotatable bonds is 5. The summed E-state index contributed by atoms with van der Waals surface area (Å²) in [5.41, 5.74) is 4.58. The topological polar surface area (TPSA) is 105 Å². The van der Waals surface area contributed by atoms with Crippen LogP contribution in [0.5, 0.6) is 0 Å². The van der Waals surface area contributed by atoms with Crippen molar-refractivity contribution in [3.63, 3.8) is 0 Å². The van der Waals surface area contributed by atoms with Crippen molar-refractivity contribution < 1.29 is 14.4 Å². The summed E-state index contributed by atoms with van der Waals surface area (Å²) in [5.74, 6) is -0.587. The summed E-state index contributed by atoms with van der Waals surface area (Å²) in [4.78, 5) is 36.7. The van der Waals surface area contributed by atoms with E-state index in [1.165, 1.54) is 0 Å². The van der Waals surface area contributed by atoms with Crippen LogP contribution in [0, 0.1) is 0 Å². The van der Waals surface area contributed by atoms with Crippen LogP contribution < -0.4 is 16.4 Å². The number of nitrogens with zero attached hydrogens (tertiary/aromatic N) is 1. The van der Waals surface area contributed by atoms with Gasteiger partial charge in [-0.3, -0.25) is 14.5 Å². The lowest BCUT2D eigenvalue weighted by Crippen LogP contribution is -2.45. The third-order valence-electron chi connectivity index (χ3n) is 3.71. The van der Waals surface area contributed by atoms with Crippen molar-refractivity contribution in [3.05, 3.63) is 0 Å².